The molecule has 0 aromatic heterocycles. The quantitative estimate of drug-likeness (QED) is 0.553. The minimum absolute atomic E-state index is 0.0119. The van der Waals surface area contributed by atoms with E-state index in [4.69, 9.17) is 9.57 Å². The summed E-state index contributed by atoms with van der Waals surface area (Å²) in [5.74, 6) is -0.813. The Morgan fingerprint density at radius 2 is 1.82 bits per heavy atom. The molecule has 0 bridgehead atoms. The normalized spacial score (nSPS) is 20.8. The van der Waals surface area contributed by atoms with Crippen LogP contribution in [0.2, 0.25) is 0 Å². The van der Waals surface area contributed by atoms with Crippen molar-refractivity contribution in [3.8, 4) is 0 Å². The molecule has 1 saturated carbocycles. The summed E-state index contributed by atoms with van der Waals surface area (Å²) in [4.78, 5) is 17.8. The van der Waals surface area contributed by atoms with E-state index in [1.165, 1.54) is 19.9 Å². The van der Waals surface area contributed by atoms with Crippen molar-refractivity contribution in [2.24, 2.45) is 16.5 Å². The van der Waals surface area contributed by atoms with Crippen LogP contribution in [0.4, 0.5) is 18.9 Å². The van der Waals surface area contributed by atoms with Crippen molar-refractivity contribution in [3.63, 3.8) is 0 Å². The summed E-state index contributed by atoms with van der Waals surface area (Å²) < 4.78 is 71.6. The lowest BCUT2D eigenvalue weighted by molar-refractivity contribution is -0.150. The number of nitrogens with zero attached hydrogens (tertiary/aromatic N) is 2. The fraction of sp³-hybridized carbons (Fsp3) is 0.636. The molecule has 7 nitrogen and oxygen atoms in total. The number of hydrogen-bond acceptors (Lipinski definition) is 6. The summed E-state index contributed by atoms with van der Waals surface area (Å²) in [6.45, 7) is 7.05. The van der Waals surface area contributed by atoms with Gasteiger partial charge < -0.3 is 9.57 Å². The average molecular weight is 491 g/mol. The fourth-order valence-corrected chi connectivity index (χ4v) is 5.68. The van der Waals surface area contributed by atoms with Crippen molar-refractivity contribution in [1.29, 1.82) is 0 Å². The molecule has 1 fully saturated rings. The van der Waals surface area contributed by atoms with E-state index in [-0.39, 0.29) is 22.0 Å². The number of alkyl halides is 3. The molecule has 3 rings (SSSR count). The molecule has 2 aliphatic rings. The third-order valence-electron chi connectivity index (χ3n) is 6.69. The van der Waals surface area contributed by atoms with E-state index in [0.717, 1.165) is 31.9 Å². The highest BCUT2D eigenvalue weighted by atomic mass is 32.2. The number of oxime groups is 1. The fourth-order valence-electron chi connectivity index (χ4n) is 4.48. The third kappa shape index (κ3) is 4.31. The van der Waals surface area contributed by atoms with Crippen LogP contribution in [0.15, 0.2) is 11.2 Å². The molecule has 0 spiro atoms. The van der Waals surface area contributed by atoms with Crippen molar-refractivity contribution in [1.82, 2.24) is 0 Å². The van der Waals surface area contributed by atoms with Gasteiger partial charge in [0.15, 0.2) is 0 Å². The molecular formula is C22H29F3N2O5S. The lowest BCUT2D eigenvalue weighted by Crippen LogP contribution is -2.48. The monoisotopic (exact) mass is 490 g/mol. The molecule has 1 aromatic carbocycles. The van der Waals surface area contributed by atoms with Gasteiger partial charge in [-0.3, -0.25) is 9.10 Å². The Bertz CT molecular complexity index is 1100. The molecule has 1 heterocycles. The van der Waals surface area contributed by atoms with E-state index in [2.05, 4.69) is 5.16 Å². The molecule has 33 heavy (non-hydrogen) atoms. The average Bonchev–Trinajstić information content (AvgIpc) is 3.33. The van der Waals surface area contributed by atoms with Crippen LogP contribution in [-0.2, 0) is 24.4 Å². The number of ether oxygens (including phenoxy) is 1. The Labute approximate surface area is 192 Å². The summed E-state index contributed by atoms with van der Waals surface area (Å²) in [6.07, 6.45) is 2.56. The topological polar surface area (TPSA) is 85.3 Å². The van der Waals surface area contributed by atoms with Crippen LogP contribution in [0, 0.1) is 32.1 Å². The van der Waals surface area contributed by atoms with Crippen LogP contribution in [-0.4, -0.2) is 45.4 Å². The van der Waals surface area contributed by atoms with E-state index in [9.17, 15) is 26.4 Å². The van der Waals surface area contributed by atoms with Gasteiger partial charge in [-0.05, 0) is 76.6 Å². The van der Waals surface area contributed by atoms with Crippen LogP contribution >= 0.6 is 0 Å². The number of carbonyl (C=O) groups is 1. The van der Waals surface area contributed by atoms with Gasteiger partial charge >= 0.3 is 21.5 Å². The smallest absolute Gasteiger partial charge is 0.469 e. The van der Waals surface area contributed by atoms with Gasteiger partial charge in [-0.2, -0.15) is 21.6 Å². The first-order valence-electron chi connectivity index (χ1n) is 10.7. The molecule has 0 radical (unpaired) electrons. The highest BCUT2D eigenvalue weighted by Crippen LogP contribution is 2.41. The molecule has 1 aliphatic heterocycles. The zero-order valence-electron chi connectivity index (χ0n) is 19.5. The summed E-state index contributed by atoms with van der Waals surface area (Å²) in [5, 5.41) is 4.20. The largest absolute Gasteiger partial charge is 0.516 e. The number of sulfonamides is 1. The molecule has 1 aliphatic carbocycles. The third-order valence-corrected chi connectivity index (χ3v) is 8.18. The zero-order valence-corrected chi connectivity index (χ0v) is 20.4. The van der Waals surface area contributed by atoms with Gasteiger partial charge in [-0.15, -0.1) is 0 Å². The summed E-state index contributed by atoms with van der Waals surface area (Å²) in [6, 6.07) is 1.43. The van der Waals surface area contributed by atoms with Crippen molar-refractivity contribution < 1.29 is 36.0 Å². The van der Waals surface area contributed by atoms with Gasteiger partial charge in [0.2, 0.25) is 0 Å². The van der Waals surface area contributed by atoms with Crippen molar-refractivity contribution in [2.45, 2.75) is 65.5 Å². The van der Waals surface area contributed by atoms with Gasteiger partial charge in [0.25, 0.3) is 0 Å². The van der Waals surface area contributed by atoms with E-state index in [1.807, 2.05) is 6.92 Å². The number of carbonyl (C=O) groups excluding carboxylic acids is 1. The van der Waals surface area contributed by atoms with E-state index in [1.54, 1.807) is 13.8 Å². The second kappa shape index (κ2) is 8.48. The molecule has 1 aromatic rings. The van der Waals surface area contributed by atoms with Gasteiger partial charge in [0, 0.05) is 11.5 Å². The molecular weight excluding hydrogens is 461 g/mol. The second-order valence-electron chi connectivity index (χ2n) is 9.31. The molecule has 0 unspecified atom stereocenters. The Balaban J connectivity index is 2.22. The number of esters is 1. The molecule has 11 heteroatoms. The van der Waals surface area contributed by atoms with Crippen LogP contribution in [0.25, 0.3) is 0 Å². The number of rotatable bonds is 6. The molecule has 184 valence electrons. The standard InChI is InChI=1S/C22H29F3N2O5S/c1-12-13(2)16(19-15-8-7-9-18(15)32-26-19)10-17(14(12)3)27(33(29,30)22(23,24)25)11-21(4,5)20(28)31-6/h10,15,18H,7-9,11H2,1-6H3/t15-,18+/m0/s1. The van der Waals surface area contributed by atoms with Crippen LogP contribution < -0.4 is 4.31 Å². The Hall–Kier alpha value is -2.30. The maximum Gasteiger partial charge on any atom is 0.516 e. The maximum absolute atomic E-state index is 13.7. The summed E-state index contributed by atoms with van der Waals surface area (Å²) in [7, 11) is -4.72. The van der Waals surface area contributed by atoms with Crippen molar-refractivity contribution in [3.05, 3.63) is 28.3 Å². The highest BCUT2D eigenvalue weighted by Gasteiger charge is 2.52. The number of halogens is 3. The van der Waals surface area contributed by atoms with Gasteiger partial charge in [-0.25, -0.2) is 0 Å². The molecule has 0 N–H and O–H groups in total. The summed E-state index contributed by atoms with van der Waals surface area (Å²) >= 11 is 0. The number of hydrogen-bond donors (Lipinski definition) is 0. The van der Waals surface area contributed by atoms with Gasteiger partial charge in [0.1, 0.15) is 6.10 Å². The Morgan fingerprint density at radius 1 is 1.18 bits per heavy atom. The first-order valence-corrected chi connectivity index (χ1v) is 12.1. The number of methoxy groups -OCH3 is 1. The molecule has 0 amide bonds. The van der Waals surface area contributed by atoms with Gasteiger partial charge in [-0.1, -0.05) is 5.16 Å². The lowest BCUT2D eigenvalue weighted by Gasteiger charge is -2.34. The van der Waals surface area contributed by atoms with Crippen LogP contribution in [0.1, 0.15) is 55.4 Å². The van der Waals surface area contributed by atoms with E-state index in [0.29, 0.717) is 22.4 Å². The summed E-state index contributed by atoms with van der Waals surface area (Å²) in [5.41, 5.74) is -4.26. The van der Waals surface area contributed by atoms with E-state index >= 15 is 0 Å². The minimum atomic E-state index is -5.82. The lowest BCUT2D eigenvalue weighted by atomic mass is 9.87. The van der Waals surface area contributed by atoms with E-state index < -0.39 is 33.5 Å². The minimum Gasteiger partial charge on any atom is -0.469 e. The van der Waals surface area contributed by atoms with Crippen LogP contribution in [0.5, 0.6) is 0 Å². The molecule has 0 saturated heterocycles. The SMILES string of the molecule is COC(=O)C(C)(C)CN(c1cc(C2=NO[C@@H]3CCC[C@H]23)c(C)c(C)c1C)S(=O)(=O)C(F)(F)F. The Morgan fingerprint density at radius 3 is 2.39 bits per heavy atom. The van der Waals surface area contributed by atoms with Crippen LogP contribution in [0.3, 0.4) is 0 Å². The van der Waals surface area contributed by atoms with Crippen molar-refractivity contribution in [2.75, 3.05) is 18.0 Å². The number of fused-ring (bicyclic) bond motifs is 1. The first kappa shape index (κ1) is 25.3. The zero-order chi connectivity index (χ0) is 24.9. The maximum atomic E-state index is 13.7. The highest BCUT2D eigenvalue weighted by molar-refractivity contribution is 7.93. The predicted molar refractivity (Wildman–Crippen MR) is 118 cm³/mol. The van der Waals surface area contributed by atoms with Gasteiger partial charge in [0.05, 0.1) is 30.5 Å². The number of benzene rings is 1. The van der Waals surface area contributed by atoms with Crippen molar-refractivity contribution >= 4 is 27.4 Å². The second-order valence-corrected chi connectivity index (χ2v) is 11.2. The first-order chi connectivity index (χ1) is 15.1. The Kier molecular flexibility index (Phi) is 6.51. The molecule has 2 atom stereocenters. The number of anilines is 1. The predicted octanol–water partition coefficient (Wildman–Crippen LogP) is 4.37.